The second kappa shape index (κ2) is 7.61. The molecule has 0 bridgehead atoms. The monoisotopic (exact) mass is 464 g/mol. The summed E-state index contributed by atoms with van der Waals surface area (Å²) in [5, 5.41) is 0. The molecule has 0 spiro atoms. The zero-order valence-electron chi connectivity index (χ0n) is 16.6. The Bertz CT molecular complexity index is 998. The summed E-state index contributed by atoms with van der Waals surface area (Å²) in [5.41, 5.74) is 6.52. The number of hydrogen-bond acceptors (Lipinski definition) is 0. The van der Waals surface area contributed by atoms with Crippen LogP contribution in [0.4, 0.5) is 25.2 Å². The third-order valence-corrected chi connectivity index (χ3v) is 4.55. The fourth-order valence-electron chi connectivity index (χ4n) is 3.04. The molecule has 0 nitrogen and oxygen atoms in total. The fourth-order valence-corrected chi connectivity index (χ4v) is 3.39. The number of hydrogen-bond donors (Lipinski definition) is 0. The third-order valence-electron chi connectivity index (χ3n) is 4.14. The van der Waals surface area contributed by atoms with E-state index in [-0.39, 0.29) is 5.41 Å². The first-order valence-corrected chi connectivity index (χ1v) is 11.5. The molecule has 0 heterocycles. The summed E-state index contributed by atoms with van der Waals surface area (Å²) in [6, 6.07) is 25.7. The van der Waals surface area contributed by atoms with Gasteiger partial charge in [-0.3, -0.25) is 0 Å². The van der Waals surface area contributed by atoms with E-state index in [4.69, 9.17) is 0 Å². The van der Waals surface area contributed by atoms with Crippen LogP contribution in [0.15, 0.2) is 77.7 Å². The summed E-state index contributed by atoms with van der Waals surface area (Å²) in [5.74, 6) is 0. The molecule has 3 aromatic carbocycles. The van der Waals surface area contributed by atoms with Crippen LogP contribution in [0, 0.1) is 0 Å². The van der Waals surface area contributed by atoms with Gasteiger partial charge in [-0.25, -0.2) is 0 Å². The molecule has 3 aromatic rings. The maximum absolute atomic E-state index is 10.7. The molecule has 0 N–H and O–H groups in total. The second-order valence-corrected chi connectivity index (χ2v) is 10.3. The van der Waals surface area contributed by atoms with Gasteiger partial charge in [0, 0.05) is 5.56 Å². The summed E-state index contributed by atoms with van der Waals surface area (Å²) in [6.07, 6.45) is 0. The minimum atomic E-state index is -10.7. The van der Waals surface area contributed by atoms with Gasteiger partial charge >= 0.3 is 33.0 Å². The molecule has 0 aromatic heterocycles. The van der Waals surface area contributed by atoms with Crippen LogP contribution in [0.2, 0.25) is 0 Å². The van der Waals surface area contributed by atoms with Gasteiger partial charge in [0.25, 0.3) is 0 Å². The Hall–Kier alpha value is -1.98. The molecule has 0 fully saturated rings. The molecule has 0 radical (unpaired) electrons. The Morgan fingerprint density at radius 3 is 1.33 bits per heavy atom. The summed E-state index contributed by atoms with van der Waals surface area (Å²) in [4.78, 5) is 1.13. The van der Waals surface area contributed by atoms with Crippen LogP contribution in [-0.4, -0.2) is 0 Å². The van der Waals surface area contributed by atoms with Gasteiger partial charge in [0.1, 0.15) is 0 Å². The van der Waals surface area contributed by atoms with Crippen molar-refractivity contribution in [1.29, 1.82) is 0 Å². The summed E-state index contributed by atoms with van der Waals surface area (Å²) in [7, 11) is -10.7. The zero-order chi connectivity index (χ0) is 22.9. The molecular weight excluding hydrogens is 441 g/mol. The van der Waals surface area contributed by atoms with Crippen LogP contribution in [-0.2, 0) is 18.0 Å². The molecule has 164 valence electrons. The van der Waals surface area contributed by atoms with E-state index >= 15 is 0 Å². The maximum atomic E-state index is 9.87. The van der Waals surface area contributed by atoms with Crippen molar-refractivity contribution < 1.29 is 25.2 Å². The van der Waals surface area contributed by atoms with Gasteiger partial charge in [0.15, 0.2) is 4.90 Å². The average Bonchev–Trinajstić information content (AvgIpc) is 2.59. The molecule has 0 aliphatic rings. The van der Waals surface area contributed by atoms with Crippen LogP contribution in [0.5, 0.6) is 0 Å². The summed E-state index contributed by atoms with van der Waals surface area (Å²) in [6.45, 7) is 6.82. The summed E-state index contributed by atoms with van der Waals surface area (Å²) < 4.78 is 59.2. The van der Waals surface area contributed by atoms with Crippen molar-refractivity contribution >= 4 is 20.4 Å². The van der Waals surface area contributed by atoms with Crippen molar-refractivity contribution in [3.8, 4) is 22.3 Å². The van der Waals surface area contributed by atoms with E-state index in [9.17, 15) is 25.2 Å². The number of halogens is 6. The standard InChI is InChI=1S/C22H22S.F6P/c1-22(2,3)18-14-15-19(23)21(17-12-8-5-9-13-17)20(18)16-10-6-4-7-11-16;1-7(2,3,4,5)6/h4-15,23H,1-3H3;/q;-1/p+1. The normalized spacial score (nSPS) is 14.2. The van der Waals surface area contributed by atoms with E-state index < -0.39 is 7.81 Å². The molecule has 30 heavy (non-hydrogen) atoms. The molecule has 0 amide bonds. The first-order valence-electron chi connectivity index (χ1n) is 9.00. The van der Waals surface area contributed by atoms with Crippen molar-refractivity contribution in [2.75, 3.05) is 0 Å². The van der Waals surface area contributed by atoms with Crippen molar-refractivity contribution in [3.63, 3.8) is 0 Å². The van der Waals surface area contributed by atoms with Crippen molar-refractivity contribution in [1.82, 2.24) is 0 Å². The molecule has 0 saturated heterocycles. The minimum absolute atomic E-state index is 0.0780. The molecule has 3 rings (SSSR count). The predicted molar refractivity (Wildman–Crippen MR) is 118 cm³/mol. The van der Waals surface area contributed by atoms with Gasteiger partial charge in [-0.05, 0) is 46.4 Å². The van der Waals surface area contributed by atoms with E-state index in [1.54, 1.807) is 0 Å². The molecule has 8 heteroatoms. The molecule has 0 aliphatic heterocycles. The van der Waals surface area contributed by atoms with E-state index in [0.29, 0.717) is 0 Å². The first-order chi connectivity index (χ1) is 13.4. The average molecular weight is 464 g/mol. The Morgan fingerprint density at radius 2 is 0.967 bits per heavy atom. The van der Waals surface area contributed by atoms with E-state index in [1.165, 1.54) is 27.8 Å². The van der Waals surface area contributed by atoms with Crippen LogP contribution in [0.1, 0.15) is 26.3 Å². The van der Waals surface area contributed by atoms with E-state index in [2.05, 4.69) is 106 Å². The van der Waals surface area contributed by atoms with Gasteiger partial charge < -0.3 is 0 Å². The molecule has 0 atom stereocenters. The SMILES string of the molecule is CC(C)(C)c1ccc([SH2+])c(-c2ccccc2)c1-c1ccccc1.F[P-](F)(F)(F)(F)F. The van der Waals surface area contributed by atoms with Gasteiger partial charge in [0.05, 0.1) is 0 Å². The van der Waals surface area contributed by atoms with Crippen LogP contribution < -0.4 is 0 Å². The number of rotatable bonds is 2. The van der Waals surface area contributed by atoms with Crippen molar-refractivity contribution in [2.24, 2.45) is 0 Å². The quantitative estimate of drug-likeness (QED) is 0.202. The Balaban J connectivity index is 0.000000396. The fraction of sp³-hybridized carbons (Fsp3) is 0.182. The summed E-state index contributed by atoms with van der Waals surface area (Å²) >= 11 is 3.84. The van der Waals surface area contributed by atoms with Gasteiger partial charge in [-0.15, -0.1) is 0 Å². The second-order valence-electron chi connectivity index (χ2n) is 7.85. The van der Waals surface area contributed by atoms with E-state index in [1.807, 2.05) is 0 Å². The Labute approximate surface area is 177 Å². The number of benzene rings is 3. The van der Waals surface area contributed by atoms with Gasteiger partial charge in [0.2, 0.25) is 0 Å². The topological polar surface area (TPSA) is 0 Å². The zero-order valence-corrected chi connectivity index (χ0v) is 18.5. The Kier molecular flexibility index (Phi) is 6.16. The molecule has 0 saturated carbocycles. The van der Waals surface area contributed by atoms with Gasteiger partial charge in [-0.1, -0.05) is 87.5 Å². The van der Waals surface area contributed by atoms with Crippen molar-refractivity contribution in [3.05, 3.63) is 78.4 Å². The van der Waals surface area contributed by atoms with Crippen LogP contribution in [0.25, 0.3) is 22.3 Å². The first kappa shape index (κ1) is 24.3. The van der Waals surface area contributed by atoms with Gasteiger partial charge in [-0.2, -0.15) is 0 Å². The third kappa shape index (κ3) is 8.04. The van der Waals surface area contributed by atoms with Crippen LogP contribution >= 0.6 is 7.81 Å². The predicted octanol–water partition coefficient (Wildman–Crippen LogP) is 9.07. The van der Waals surface area contributed by atoms with Crippen LogP contribution in [0.3, 0.4) is 0 Å². The van der Waals surface area contributed by atoms with E-state index in [0.717, 1.165) is 4.90 Å². The molecular formula is C22H23F6PS. The molecule has 0 aliphatic carbocycles. The Morgan fingerprint density at radius 1 is 0.600 bits per heavy atom. The van der Waals surface area contributed by atoms with Crippen molar-refractivity contribution in [2.45, 2.75) is 31.1 Å². The molecule has 0 unspecified atom stereocenters.